The fourth-order valence-electron chi connectivity index (χ4n) is 2.37. The van der Waals surface area contributed by atoms with Gasteiger partial charge in [0.1, 0.15) is 0 Å². The number of nitrogens with two attached hydrogens (primary N) is 1. The summed E-state index contributed by atoms with van der Waals surface area (Å²) >= 11 is 0. The van der Waals surface area contributed by atoms with Gasteiger partial charge in [0.2, 0.25) is 0 Å². The van der Waals surface area contributed by atoms with Crippen molar-refractivity contribution in [1.82, 2.24) is 8.96 Å². The van der Waals surface area contributed by atoms with Gasteiger partial charge < -0.3 is 5.73 Å². The molecule has 3 N–H and O–H groups in total. The maximum Gasteiger partial charge on any atom is 0.162 e. The number of fused-ring (bicyclic) bond motifs is 1. The van der Waals surface area contributed by atoms with E-state index in [0.717, 1.165) is 5.39 Å². The molecule has 5 nitrogen and oxygen atoms in total. The molecule has 3 rings (SSSR count). The number of hydrogen-bond donors (Lipinski definition) is 2. The second kappa shape index (κ2) is 4.98. The lowest BCUT2D eigenvalue weighted by Gasteiger charge is -2.16. The lowest BCUT2D eigenvalue weighted by Crippen LogP contribution is -2.18. The standard InChI is InChI=1S/C15H16N4OS/c1-11(16)15-9-12-10-18-8-7-14(12)19(15)21(17,20)13-5-3-2-4-6-13/h2-11,17H,16H2,1H3/t11-,21?/m1/s1. The van der Waals surface area contributed by atoms with E-state index in [1.54, 1.807) is 42.7 Å². The first-order chi connectivity index (χ1) is 10.0. The van der Waals surface area contributed by atoms with E-state index < -0.39 is 9.92 Å². The Hall–Kier alpha value is -2.18. The summed E-state index contributed by atoms with van der Waals surface area (Å²) in [6.07, 6.45) is 3.32. The molecule has 1 aromatic carbocycles. The van der Waals surface area contributed by atoms with Gasteiger partial charge in [-0.2, -0.15) is 0 Å². The normalized spacial score (nSPS) is 15.7. The van der Waals surface area contributed by atoms with Crippen LogP contribution in [0.3, 0.4) is 0 Å². The van der Waals surface area contributed by atoms with Crippen LogP contribution in [-0.4, -0.2) is 13.2 Å². The van der Waals surface area contributed by atoms with Gasteiger partial charge >= 0.3 is 0 Å². The van der Waals surface area contributed by atoms with Crippen molar-refractivity contribution < 1.29 is 4.21 Å². The first-order valence-corrected chi connectivity index (χ1v) is 8.08. The molecule has 0 bridgehead atoms. The molecule has 0 aliphatic heterocycles. The van der Waals surface area contributed by atoms with Crippen LogP contribution in [-0.2, 0) is 9.92 Å². The minimum atomic E-state index is -3.19. The minimum absolute atomic E-state index is 0.327. The van der Waals surface area contributed by atoms with Gasteiger partial charge in [0.05, 0.1) is 16.1 Å². The maximum absolute atomic E-state index is 13.1. The zero-order valence-corrected chi connectivity index (χ0v) is 12.4. The topological polar surface area (TPSA) is 84.8 Å². The number of benzene rings is 1. The molecule has 2 aromatic heterocycles. The van der Waals surface area contributed by atoms with E-state index in [0.29, 0.717) is 16.1 Å². The summed E-state index contributed by atoms with van der Waals surface area (Å²) in [4.78, 5) is 4.53. The molecule has 0 saturated heterocycles. The van der Waals surface area contributed by atoms with Gasteiger partial charge in [-0.3, -0.25) is 8.96 Å². The van der Waals surface area contributed by atoms with Crippen LogP contribution >= 0.6 is 0 Å². The molecule has 2 atom stereocenters. The molecular weight excluding hydrogens is 284 g/mol. The lowest BCUT2D eigenvalue weighted by molar-refractivity contribution is 0.663. The first-order valence-electron chi connectivity index (χ1n) is 6.57. The van der Waals surface area contributed by atoms with Gasteiger partial charge in [0, 0.05) is 23.8 Å². The zero-order valence-electron chi connectivity index (χ0n) is 11.6. The van der Waals surface area contributed by atoms with Gasteiger partial charge in [-0.05, 0) is 31.2 Å². The van der Waals surface area contributed by atoms with Gasteiger partial charge in [-0.25, -0.2) is 8.99 Å². The van der Waals surface area contributed by atoms with Gasteiger partial charge in [0.25, 0.3) is 0 Å². The number of pyridine rings is 1. The van der Waals surface area contributed by atoms with Crippen molar-refractivity contribution in [3.8, 4) is 0 Å². The Morgan fingerprint density at radius 2 is 2.00 bits per heavy atom. The van der Waals surface area contributed by atoms with Crippen LogP contribution in [0.25, 0.3) is 10.9 Å². The van der Waals surface area contributed by atoms with E-state index >= 15 is 0 Å². The molecule has 0 amide bonds. The molecule has 0 aliphatic carbocycles. The Bertz CT molecular complexity index is 882. The second-order valence-electron chi connectivity index (χ2n) is 4.93. The van der Waals surface area contributed by atoms with Crippen molar-refractivity contribution >= 4 is 20.8 Å². The second-order valence-corrected chi connectivity index (χ2v) is 6.81. The summed E-state index contributed by atoms with van der Waals surface area (Å²) in [7, 11) is -3.19. The predicted molar refractivity (Wildman–Crippen MR) is 83.3 cm³/mol. The fraction of sp³-hybridized carbons (Fsp3) is 0.133. The number of nitrogens with zero attached hydrogens (tertiary/aromatic N) is 2. The SMILES string of the molecule is C[C@@H](N)c1cc2cnccc2n1S(=N)(=O)c1ccccc1. The molecule has 0 aliphatic rings. The molecule has 0 radical (unpaired) electrons. The fourth-order valence-corrected chi connectivity index (χ4v) is 4.06. The van der Waals surface area contributed by atoms with Gasteiger partial charge in [-0.1, -0.05) is 18.2 Å². The predicted octanol–water partition coefficient (Wildman–Crippen LogP) is 2.92. The van der Waals surface area contributed by atoms with E-state index in [2.05, 4.69) is 4.98 Å². The smallest absolute Gasteiger partial charge is 0.162 e. The monoisotopic (exact) mass is 300 g/mol. The molecular formula is C15H16N4OS. The van der Waals surface area contributed by atoms with Gasteiger partial charge in [-0.15, -0.1) is 0 Å². The Morgan fingerprint density at radius 3 is 2.67 bits per heavy atom. The van der Waals surface area contributed by atoms with Crippen LogP contribution in [0.2, 0.25) is 0 Å². The van der Waals surface area contributed by atoms with Crippen LogP contribution in [0.1, 0.15) is 18.7 Å². The van der Waals surface area contributed by atoms with Crippen molar-refractivity contribution in [2.45, 2.75) is 17.9 Å². The molecule has 6 heteroatoms. The summed E-state index contributed by atoms with van der Waals surface area (Å²) in [5, 5.41) is 0.834. The van der Waals surface area contributed by atoms with E-state index in [-0.39, 0.29) is 6.04 Å². The third-order valence-corrected chi connectivity index (χ3v) is 5.20. The van der Waals surface area contributed by atoms with Crippen molar-refractivity contribution in [3.05, 3.63) is 60.6 Å². The zero-order chi connectivity index (χ0) is 15.0. The third kappa shape index (κ3) is 2.22. The Morgan fingerprint density at radius 1 is 1.29 bits per heavy atom. The lowest BCUT2D eigenvalue weighted by atomic mass is 10.2. The average molecular weight is 300 g/mol. The summed E-state index contributed by atoms with van der Waals surface area (Å²) in [6, 6.07) is 12.1. The summed E-state index contributed by atoms with van der Waals surface area (Å²) in [6.45, 7) is 1.82. The van der Waals surface area contributed by atoms with Crippen LogP contribution in [0.15, 0.2) is 59.8 Å². The quantitative estimate of drug-likeness (QED) is 0.780. The molecule has 0 saturated carbocycles. The van der Waals surface area contributed by atoms with E-state index in [1.807, 2.05) is 19.1 Å². The summed E-state index contributed by atoms with van der Waals surface area (Å²) in [5.41, 5.74) is 7.38. The minimum Gasteiger partial charge on any atom is -0.323 e. The first kappa shape index (κ1) is 13.8. The Kier molecular flexibility index (Phi) is 3.27. The number of hydrogen-bond acceptors (Lipinski definition) is 4. The molecule has 2 heterocycles. The highest BCUT2D eigenvalue weighted by Gasteiger charge is 2.21. The van der Waals surface area contributed by atoms with Crippen molar-refractivity contribution in [2.75, 3.05) is 0 Å². The van der Waals surface area contributed by atoms with Crippen LogP contribution in [0, 0.1) is 4.78 Å². The largest absolute Gasteiger partial charge is 0.323 e. The van der Waals surface area contributed by atoms with Gasteiger partial charge in [0.15, 0.2) is 9.92 Å². The number of aromatic nitrogens is 2. The molecule has 0 fully saturated rings. The van der Waals surface area contributed by atoms with Crippen LogP contribution in [0.5, 0.6) is 0 Å². The van der Waals surface area contributed by atoms with Crippen LogP contribution in [0.4, 0.5) is 0 Å². The number of nitrogens with one attached hydrogen (secondary N) is 1. The van der Waals surface area contributed by atoms with Crippen molar-refractivity contribution in [3.63, 3.8) is 0 Å². The third-order valence-electron chi connectivity index (χ3n) is 3.37. The highest BCUT2D eigenvalue weighted by Crippen LogP contribution is 2.28. The van der Waals surface area contributed by atoms with Crippen LogP contribution < -0.4 is 5.73 Å². The van der Waals surface area contributed by atoms with E-state index in [4.69, 9.17) is 10.5 Å². The molecule has 0 spiro atoms. The highest BCUT2D eigenvalue weighted by molar-refractivity contribution is 7.91. The molecule has 3 aromatic rings. The Labute approximate surface area is 123 Å². The summed E-state index contributed by atoms with van der Waals surface area (Å²) < 4.78 is 23.1. The molecule has 21 heavy (non-hydrogen) atoms. The summed E-state index contributed by atoms with van der Waals surface area (Å²) in [5.74, 6) is 0. The number of rotatable bonds is 3. The Balaban J connectivity index is 2.36. The maximum atomic E-state index is 13.1. The average Bonchev–Trinajstić information content (AvgIpc) is 2.88. The van der Waals surface area contributed by atoms with Crippen molar-refractivity contribution in [1.29, 1.82) is 4.78 Å². The molecule has 1 unspecified atom stereocenters. The molecule has 108 valence electrons. The van der Waals surface area contributed by atoms with E-state index in [9.17, 15) is 4.21 Å². The highest BCUT2D eigenvalue weighted by atomic mass is 32.2. The van der Waals surface area contributed by atoms with Crippen molar-refractivity contribution in [2.24, 2.45) is 5.73 Å². The van der Waals surface area contributed by atoms with E-state index in [1.165, 1.54) is 3.97 Å².